The Morgan fingerprint density at radius 1 is 1.15 bits per heavy atom. The highest BCUT2D eigenvalue weighted by atomic mass is 32.1. The number of benzene rings is 1. The number of carbonyl (C=O) groups excluding carboxylic acids is 2. The third-order valence-electron chi connectivity index (χ3n) is 5.29. The van der Waals surface area contributed by atoms with Crippen LogP contribution < -0.4 is 5.32 Å². The highest BCUT2D eigenvalue weighted by molar-refractivity contribution is 7.14. The van der Waals surface area contributed by atoms with Crippen molar-refractivity contribution in [2.75, 3.05) is 0 Å². The van der Waals surface area contributed by atoms with Gasteiger partial charge in [0, 0.05) is 4.88 Å². The fourth-order valence-electron chi connectivity index (χ4n) is 3.89. The van der Waals surface area contributed by atoms with Gasteiger partial charge in [0.2, 0.25) is 0 Å². The van der Waals surface area contributed by atoms with E-state index >= 15 is 0 Å². The van der Waals surface area contributed by atoms with E-state index in [9.17, 15) is 9.59 Å². The van der Waals surface area contributed by atoms with Crippen molar-refractivity contribution in [3.8, 4) is 0 Å². The zero-order valence-corrected chi connectivity index (χ0v) is 15.7. The summed E-state index contributed by atoms with van der Waals surface area (Å²) in [4.78, 5) is 26.8. The van der Waals surface area contributed by atoms with Crippen LogP contribution in [-0.4, -0.2) is 18.0 Å². The van der Waals surface area contributed by atoms with Crippen molar-refractivity contribution in [1.82, 2.24) is 5.32 Å². The van der Waals surface area contributed by atoms with Crippen LogP contribution in [0.15, 0.2) is 30.3 Å². The van der Waals surface area contributed by atoms with E-state index in [1.165, 1.54) is 32.9 Å². The summed E-state index contributed by atoms with van der Waals surface area (Å²) in [5.41, 5.74) is 3.74. The van der Waals surface area contributed by atoms with Crippen LogP contribution in [0.25, 0.3) is 0 Å². The summed E-state index contributed by atoms with van der Waals surface area (Å²) in [7, 11) is 0. The molecule has 0 fully saturated rings. The fraction of sp³-hybridized carbons (Fsp3) is 0.429. The number of hydrogen-bond donors (Lipinski definition) is 1. The Morgan fingerprint density at radius 2 is 1.96 bits per heavy atom. The molecule has 136 valence electrons. The molecule has 1 amide bonds. The van der Waals surface area contributed by atoms with Crippen molar-refractivity contribution in [3.63, 3.8) is 0 Å². The first kappa shape index (κ1) is 17.3. The van der Waals surface area contributed by atoms with E-state index in [4.69, 9.17) is 4.74 Å². The van der Waals surface area contributed by atoms with Crippen LogP contribution in [0.5, 0.6) is 0 Å². The molecular formula is C21H23NO3S. The highest BCUT2D eigenvalue weighted by Gasteiger charge is 2.27. The molecule has 0 saturated heterocycles. The highest BCUT2D eigenvalue weighted by Crippen LogP contribution is 2.31. The average molecular weight is 369 g/mol. The summed E-state index contributed by atoms with van der Waals surface area (Å²) in [6.45, 7) is 1.64. The van der Waals surface area contributed by atoms with Crippen molar-refractivity contribution < 1.29 is 14.3 Å². The zero-order valence-electron chi connectivity index (χ0n) is 14.9. The molecule has 26 heavy (non-hydrogen) atoms. The minimum atomic E-state index is -0.798. The maximum Gasteiger partial charge on any atom is 0.349 e. The van der Waals surface area contributed by atoms with Crippen LogP contribution in [0.3, 0.4) is 0 Å². The van der Waals surface area contributed by atoms with Gasteiger partial charge in [-0.15, -0.1) is 11.3 Å². The third-order valence-corrected chi connectivity index (χ3v) is 6.50. The summed E-state index contributed by atoms with van der Waals surface area (Å²) in [5.74, 6) is -0.625. The summed E-state index contributed by atoms with van der Waals surface area (Å²) < 4.78 is 5.42. The van der Waals surface area contributed by atoms with Gasteiger partial charge in [0.15, 0.2) is 6.10 Å². The Hall–Kier alpha value is -2.14. The van der Waals surface area contributed by atoms with E-state index in [2.05, 4.69) is 17.4 Å². The molecule has 1 heterocycles. The molecule has 5 heteroatoms. The van der Waals surface area contributed by atoms with Gasteiger partial charge in [-0.25, -0.2) is 4.79 Å². The fourth-order valence-corrected chi connectivity index (χ4v) is 5.03. The summed E-state index contributed by atoms with van der Waals surface area (Å²) >= 11 is 1.50. The Labute approximate surface area is 157 Å². The molecule has 0 aliphatic heterocycles. The van der Waals surface area contributed by atoms with Gasteiger partial charge in [-0.05, 0) is 68.2 Å². The van der Waals surface area contributed by atoms with Crippen molar-refractivity contribution in [2.45, 2.75) is 57.6 Å². The molecular weight excluding hydrogens is 346 g/mol. The lowest BCUT2D eigenvalue weighted by atomic mass is 9.87. The topological polar surface area (TPSA) is 55.4 Å². The van der Waals surface area contributed by atoms with Crippen LogP contribution in [0, 0.1) is 0 Å². The Bertz CT molecular complexity index is 820. The largest absolute Gasteiger partial charge is 0.448 e. The maximum absolute atomic E-state index is 12.5. The van der Waals surface area contributed by atoms with E-state index in [1.54, 1.807) is 6.92 Å². The Balaban J connectivity index is 1.38. The summed E-state index contributed by atoms with van der Waals surface area (Å²) in [5, 5.41) is 3.06. The van der Waals surface area contributed by atoms with Gasteiger partial charge in [0.1, 0.15) is 4.88 Å². The van der Waals surface area contributed by atoms with Gasteiger partial charge < -0.3 is 10.1 Å². The molecule has 0 spiro atoms. The Morgan fingerprint density at radius 3 is 2.81 bits per heavy atom. The smallest absolute Gasteiger partial charge is 0.349 e. The predicted octanol–water partition coefficient (Wildman–Crippen LogP) is 3.98. The quantitative estimate of drug-likeness (QED) is 0.830. The number of rotatable bonds is 4. The van der Waals surface area contributed by atoms with Gasteiger partial charge in [0.05, 0.1) is 6.04 Å². The molecule has 0 unspecified atom stereocenters. The average Bonchev–Trinajstić information content (AvgIpc) is 3.24. The molecule has 1 aromatic heterocycles. The molecule has 2 aromatic rings. The van der Waals surface area contributed by atoms with Crippen LogP contribution in [-0.2, 0) is 28.8 Å². The second-order valence-corrected chi connectivity index (χ2v) is 8.25. The second-order valence-electron chi connectivity index (χ2n) is 7.11. The number of amides is 1. The van der Waals surface area contributed by atoms with Crippen LogP contribution in [0.4, 0.5) is 0 Å². The minimum Gasteiger partial charge on any atom is -0.448 e. The lowest BCUT2D eigenvalue weighted by Gasteiger charge is -2.27. The normalized spacial score (nSPS) is 19.3. The minimum absolute atomic E-state index is 0.000795. The van der Waals surface area contributed by atoms with Crippen LogP contribution >= 0.6 is 11.3 Å². The number of thiophene rings is 1. The van der Waals surface area contributed by atoms with E-state index in [0.717, 1.165) is 38.5 Å². The number of hydrogen-bond acceptors (Lipinski definition) is 4. The third kappa shape index (κ3) is 3.40. The summed E-state index contributed by atoms with van der Waals surface area (Å²) in [6.07, 6.45) is 5.47. The van der Waals surface area contributed by atoms with E-state index in [1.807, 2.05) is 18.2 Å². The zero-order chi connectivity index (χ0) is 18.1. The molecule has 2 aliphatic rings. The number of esters is 1. The molecule has 4 rings (SSSR count). The van der Waals surface area contributed by atoms with Crippen molar-refractivity contribution >= 4 is 23.2 Å². The number of aryl methyl sites for hydroxylation is 3. The molecule has 2 aliphatic carbocycles. The number of nitrogens with one attached hydrogen (secondary N) is 1. The molecule has 1 aromatic carbocycles. The van der Waals surface area contributed by atoms with Gasteiger partial charge in [-0.3, -0.25) is 4.79 Å². The standard InChI is InChI=1S/C21H23NO3S/c1-13(25-21(24)19-12-15-8-5-11-18(15)26-19)20(23)22-17-10-4-7-14-6-2-3-9-16(14)17/h2-3,6,9,12-13,17H,4-5,7-8,10-11H2,1H3,(H,22,23)/t13-,17-/m0/s1. The predicted molar refractivity (Wildman–Crippen MR) is 101 cm³/mol. The van der Waals surface area contributed by atoms with Crippen molar-refractivity contribution in [2.24, 2.45) is 0 Å². The van der Waals surface area contributed by atoms with Crippen LogP contribution in [0.1, 0.15) is 63.5 Å². The second kappa shape index (κ2) is 7.23. The van der Waals surface area contributed by atoms with E-state index < -0.39 is 12.1 Å². The van der Waals surface area contributed by atoms with E-state index in [-0.39, 0.29) is 11.9 Å². The molecule has 0 radical (unpaired) electrons. The Kier molecular flexibility index (Phi) is 4.81. The number of carbonyl (C=O) groups is 2. The van der Waals surface area contributed by atoms with E-state index in [0.29, 0.717) is 4.88 Å². The number of fused-ring (bicyclic) bond motifs is 2. The molecule has 1 N–H and O–H groups in total. The molecule has 0 bridgehead atoms. The molecule has 2 atom stereocenters. The first-order valence-electron chi connectivity index (χ1n) is 9.32. The first-order valence-corrected chi connectivity index (χ1v) is 10.1. The van der Waals surface area contributed by atoms with Crippen molar-refractivity contribution in [1.29, 1.82) is 0 Å². The van der Waals surface area contributed by atoms with Gasteiger partial charge in [-0.2, -0.15) is 0 Å². The lowest BCUT2D eigenvalue weighted by Crippen LogP contribution is -2.39. The van der Waals surface area contributed by atoms with Gasteiger partial charge in [-0.1, -0.05) is 24.3 Å². The summed E-state index contributed by atoms with van der Waals surface area (Å²) in [6, 6.07) is 10.2. The molecule has 4 nitrogen and oxygen atoms in total. The maximum atomic E-state index is 12.5. The first-order chi connectivity index (χ1) is 12.6. The lowest BCUT2D eigenvalue weighted by molar-refractivity contribution is -0.130. The van der Waals surface area contributed by atoms with Gasteiger partial charge in [0.25, 0.3) is 5.91 Å². The molecule has 0 saturated carbocycles. The van der Waals surface area contributed by atoms with Crippen molar-refractivity contribution in [3.05, 3.63) is 56.8 Å². The number of ether oxygens (including phenoxy) is 1. The SMILES string of the molecule is C[C@H](OC(=O)c1cc2c(s1)CCC2)C(=O)N[C@H]1CCCc2ccccc21. The van der Waals surface area contributed by atoms with Crippen LogP contribution in [0.2, 0.25) is 0 Å². The van der Waals surface area contributed by atoms with Gasteiger partial charge >= 0.3 is 5.97 Å². The monoisotopic (exact) mass is 369 g/mol.